The first-order valence-corrected chi connectivity index (χ1v) is 6.61. The molecule has 2 rings (SSSR count). The van der Waals surface area contributed by atoms with Gasteiger partial charge in [0.1, 0.15) is 0 Å². The predicted octanol–water partition coefficient (Wildman–Crippen LogP) is 0.183. The maximum Gasteiger partial charge on any atom is 0.216 e. The Kier molecular flexibility index (Phi) is 2.47. The van der Waals surface area contributed by atoms with Crippen molar-refractivity contribution < 1.29 is 14.9 Å². The molecule has 0 aromatic heterocycles. The molecule has 14 heavy (non-hydrogen) atoms. The van der Waals surface area contributed by atoms with E-state index in [-0.39, 0.29) is 11.2 Å². The molecule has 2 aliphatic rings. The van der Waals surface area contributed by atoms with E-state index in [1.165, 1.54) is 4.31 Å². The minimum Gasteiger partial charge on any atom is -0.396 e. The standard InChI is InChI=1S/C9H17NO3S/c11-7-8-3-5-10(6-4-8)14(12,13)9-1-2-9/h8-9,11H,1-7H2/i7T. The van der Waals surface area contributed by atoms with E-state index in [4.69, 9.17) is 6.48 Å². The molecule has 0 aromatic carbocycles. The molecule has 1 saturated carbocycles. The molecule has 1 saturated heterocycles. The smallest absolute Gasteiger partial charge is 0.216 e. The number of rotatable bonds is 3. The van der Waals surface area contributed by atoms with Gasteiger partial charge in [0.15, 0.2) is 0 Å². The molecular formula is C9H17NO3S. The lowest BCUT2D eigenvalue weighted by Crippen LogP contribution is -2.40. The molecule has 1 aliphatic heterocycles. The highest BCUT2D eigenvalue weighted by Gasteiger charge is 2.40. The van der Waals surface area contributed by atoms with Crippen LogP contribution in [-0.4, -0.2) is 42.8 Å². The summed E-state index contributed by atoms with van der Waals surface area (Å²) in [5, 5.41) is 8.94. The van der Waals surface area contributed by atoms with Gasteiger partial charge in [-0.1, -0.05) is 0 Å². The van der Waals surface area contributed by atoms with E-state index in [9.17, 15) is 8.42 Å². The zero-order chi connectivity index (χ0) is 11.1. The minimum absolute atomic E-state index is 0.0596. The Bertz CT molecular complexity index is 318. The summed E-state index contributed by atoms with van der Waals surface area (Å²) in [6, 6.07) is 0. The molecular weight excluding hydrogens is 202 g/mol. The molecule has 1 N–H and O–H groups in total. The topological polar surface area (TPSA) is 57.6 Å². The van der Waals surface area contributed by atoms with E-state index in [1.54, 1.807) is 0 Å². The van der Waals surface area contributed by atoms with Crippen molar-refractivity contribution in [2.24, 2.45) is 5.92 Å². The SMILES string of the molecule is [3H]C(O)C1CCN(S(=O)(=O)C2CC2)CC1. The summed E-state index contributed by atoms with van der Waals surface area (Å²) in [5.41, 5.74) is 0. The summed E-state index contributed by atoms with van der Waals surface area (Å²) in [6.45, 7) is -0.116. The number of aliphatic hydroxyl groups excluding tert-OH is 1. The Morgan fingerprint density at radius 1 is 1.29 bits per heavy atom. The van der Waals surface area contributed by atoms with Gasteiger partial charge in [-0.15, -0.1) is 0 Å². The van der Waals surface area contributed by atoms with E-state index in [2.05, 4.69) is 0 Å². The average molecular weight is 221 g/mol. The third kappa shape index (κ3) is 1.94. The highest BCUT2D eigenvalue weighted by atomic mass is 32.2. The Morgan fingerprint density at radius 3 is 2.29 bits per heavy atom. The Labute approximate surface area is 86.4 Å². The van der Waals surface area contributed by atoms with Gasteiger partial charge in [0, 0.05) is 19.7 Å². The van der Waals surface area contributed by atoms with Crippen molar-refractivity contribution in [3.05, 3.63) is 0 Å². The molecule has 1 unspecified atom stereocenters. The number of sulfonamides is 1. The highest BCUT2D eigenvalue weighted by molar-refractivity contribution is 7.90. The first-order valence-electron chi connectivity index (χ1n) is 5.69. The van der Waals surface area contributed by atoms with Crippen LogP contribution >= 0.6 is 0 Å². The maximum absolute atomic E-state index is 11.8. The summed E-state index contributed by atoms with van der Waals surface area (Å²) in [6.07, 6.45) is 2.81. The van der Waals surface area contributed by atoms with Gasteiger partial charge in [0.2, 0.25) is 10.0 Å². The van der Waals surface area contributed by atoms with Crippen LogP contribution in [0, 0.1) is 5.92 Å². The van der Waals surface area contributed by atoms with Crippen LogP contribution in [0.15, 0.2) is 0 Å². The van der Waals surface area contributed by atoms with Gasteiger partial charge < -0.3 is 5.11 Å². The van der Waals surface area contributed by atoms with Crippen molar-refractivity contribution >= 4 is 10.0 Å². The highest BCUT2D eigenvalue weighted by Crippen LogP contribution is 2.32. The second-order valence-electron chi connectivity index (χ2n) is 4.13. The molecule has 2 fully saturated rings. The van der Waals surface area contributed by atoms with Crippen LogP contribution in [-0.2, 0) is 10.0 Å². The molecule has 5 heteroatoms. The van der Waals surface area contributed by atoms with Crippen molar-refractivity contribution in [3.63, 3.8) is 0 Å². The molecule has 82 valence electrons. The Morgan fingerprint density at radius 2 is 1.86 bits per heavy atom. The van der Waals surface area contributed by atoms with Crippen molar-refractivity contribution in [2.75, 3.05) is 19.7 Å². The van der Waals surface area contributed by atoms with E-state index in [0.29, 0.717) is 25.9 Å². The quantitative estimate of drug-likeness (QED) is 0.740. The third-order valence-electron chi connectivity index (χ3n) is 3.01. The van der Waals surface area contributed by atoms with Crippen LogP contribution in [0.25, 0.3) is 0 Å². The van der Waals surface area contributed by atoms with Crippen LogP contribution in [0.2, 0.25) is 0 Å². The van der Waals surface area contributed by atoms with E-state index < -0.39 is 16.6 Å². The Balaban J connectivity index is 1.93. The first-order chi connectivity index (χ1) is 7.01. The largest absolute Gasteiger partial charge is 0.396 e. The van der Waals surface area contributed by atoms with Crippen molar-refractivity contribution in [3.8, 4) is 0 Å². The fourth-order valence-corrected chi connectivity index (χ4v) is 3.73. The van der Waals surface area contributed by atoms with Crippen LogP contribution in [0.1, 0.15) is 27.1 Å². The number of aliphatic hydroxyl groups is 1. The summed E-state index contributed by atoms with van der Waals surface area (Å²) in [4.78, 5) is 0. The molecule has 0 radical (unpaired) electrons. The fraction of sp³-hybridized carbons (Fsp3) is 1.00. The molecule has 1 heterocycles. The second kappa shape index (κ2) is 3.79. The van der Waals surface area contributed by atoms with E-state index in [1.807, 2.05) is 0 Å². The lowest BCUT2D eigenvalue weighted by molar-refractivity contribution is 0.170. The number of piperidine rings is 1. The van der Waals surface area contributed by atoms with Gasteiger partial charge in [-0.25, -0.2) is 12.7 Å². The lowest BCUT2D eigenvalue weighted by Gasteiger charge is -2.30. The molecule has 0 bridgehead atoms. The zero-order valence-corrected chi connectivity index (χ0v) is 8.91. The van der Waals surface area contributed by atoms with Crippen molar-refractivity contribution in [2.45, 2.75) is 30.9 Å². The molecule has 0 amide bonds. The normalized spacial score (nSPS) is 29.9. The van der Waals surface area contributed by atoms with Gasteiger partial charge >= 0.3 is 0 Å². The number of hydrogen-bond donors (Lipinski definition) is 1. The number of nitrogens with zero attached hydrogens (tertiary/aromatic N) is 1. The molecule has 1 aliphatic carbocycles. The Hall–Kier alpha value is -0.130. The van der Waals surface area contributed by atoms with Gasteiger partial charge in [-0.3, -0.25) is 0 Å². The summed E-state index contributed by atoms with van der Waals surface area (Å²) in [5.74, 6) is -0.0596. The molecule has 1 atom stereocenters. The summed E-state index contributed by atoms with van der Waals surface area (Å²) >= 11 is 0. The fourth-order valence-electron chi connectivity index (χ4n) is 1.86. The van der Waals surface area contributed by atoms with Crippen LogP contribution in [0.4, 0.5) is 0 Å². The molecule has 0 spiro atoms. The van der Waals surface area contributed by atoms with E-state index in [0.717, 1.165) is 12.8 Å². The predicted molar refractivity (Wildman–Crippen MR) is 53.3 cm³/mol. The summed E-state index contributed by atoms with van der Waals surface area (Å²) in [7, 11) is -3.05. The first kappa shape index (κ1) is 9.12. The lowest BCUT2D eigenvalue weighted by atomic mass is 10.00. The van der Waals surface area contributed by atoms with Crippen LogP contribution < -0.4 is 0 Å². The molecule has 0 aromatic rings. The zero-order valence-electron chi connectivity index (χ0n) is 9.09. The van der Waals surface area contributed by atoms with E-state index >= 15 is 0 Å². The third-order valence-corrected chi connectivity index (χ3v) is 5.41. The second-order valence-corrected chi connectivity index (χ2v) is 6.34. The van der Waals surface area contributed by atoms with Crippen molar-refractivity contribution in [1.29, 1.82) is 0 Å². The van der Waals surface area contributed by atoms with Crippen molar-refractivity contribution in [1.82, 2.24) is 4.31 Å². The molecule has 4 nitrogen and oxygen atoms in total. The number of hydrogen-bond acceptors (Lipinski definition) is 3. The van der Waals surface area contributed by atoms with Gasteiger partial charge in [-0.05, 0) is 31.6 Å². The van der Waals surface area contributed by atoms with Crippen LogP contribution in [0.5, 0.6) is 0 Å². The van der Waals surface area contributed by atoms with Gasteiger partial charge in [0.25, 0.3) is 0 Å². The minimum atomic E-state index is -3.05. The monoisotopic (exact) mass is 221 g/mol. The summed E-state index contributed by atoms with van der Waals surface area (Å²) < 4.78 is 32.4. The van der Waals surface area contributed by atoms with Gasteiger partial charge in [0.05, 0.1) is 6.62 Å². The van der Waals surface area contributed by atoms with Gasteiger partial charge in [-0.2, -0.15) is 0 Å². The maximum atomic E-state index is 11.8. The average Bonchev–Trinajstić information content (AvgIpc) is 3.01. The van der Waals surface area contributed by atoms with Crippen LogP contribution in [0.3, 0.4) is 0 Å².